The molecule has 1 amide bonds. The molecule has 1 heterocycles. The zero-order valence-electron chi connectivity index (χ0n) is 8.78. The lowest BCUT2D eigenvalue weighted by Crippen LogP contribution is -2.44. The van der Waals surface area contributed by atoms with Gasteiger partial charge >= 0.3 is 0 Å². The van der Waals surface area contributed by atoms with E-state index in [1.807, 2.05) is 6.92 Å². The molecular weight excluding hydrogens is 182 g/mol. The maximum atomic E-state index is 11.5. The van der Waals surface area contributed by atoms with Gasteiger partial charge in [-0.2, -0.15) is 0 Å². The van der Waals surface area contributed by atoms with Crippen LogP contribution in [0.2, 0.25) is 0 Å². The molecule has 0 aromatic heterocycles. The van der Waals surface area contributed by atoms with Gasteiger partial charge in [0.2, 0.25) is 5.91 Å². The summed E-state index contributed by atoms with van der Waals surface area (Å²) in [6.45, 7) is 3.22. The number of likely N-dealkylation sites (tertiary alicyclic amines) is 1. The third-order valence-corrected chi connectivity index (χ3v) is 2.57. The summed E-state index contributed by atoms with van der Waals surface area (Å²) in [6.07, 6.45) is 1.41. The van der Waals surface area contributed by atoms with E-state index in [4.69, 9.17) is 4.74 Å². The highest BCUT2D eigenvalue weighted by molar-refractivity contribution is 6.00. The largest absolute Gasteiger partial charge is 0.385 e. The molecule has 0 aromatic carbocycles. The lowest BCUT2D eigenvalue weighted by Gasteiger charge is -2.31. The second-order valence-corrected chi connectivity index (χ2v) is 3.68. The van der Waals surface area contributed by atoms with Crippen LogP contribution in [0.15, 0.2) is 0 Å². The minimum atomic E-state index is -0.0372. The smallest absolute Gasteiger partial charge is 0.230 e. The Labute approximate surface area is 84.2 Å². The number of methoxy groups -OCH3 is 1. The first-order chi connectivity index (χ1) is 6.65. The highest BCUT2D eigenvalue weighted by Gasteiger charge is 2.26. The fourth-order valence-corrected chi connectivity index (χ4v) is 1.64. The van der Waals surface area contributed by atoms with Crippen molar-refractivity contribution < 1.29 is 14.3 Å². The SMILES string of the molecule is COCCC(C)N1CCC(=O)CC1=O. The van der Waals surface area contributed by atoms with Crippen molar-refractivity contribution in [3.8, 4) is 0 Å². The molecule has 4 nitrogen and oxygen atoms in total. The molecule has 0 aliphatic carbocycles. The molecule has 14 heavy (non-hydrogen) atoms. The number of carbonyl (C=O) groups excluding carboxylic acids is 2. The summed E-state index contributed by atoms with van der Waals surface area (Å²) >= 11 is 0. The minimum Gasteiger partial charge on any atom is -0.385 e. The molecule has 1 aliphatic rings. The Morgan fingerprint density at radius 2 is 2.21 bits per heavy atom. The highest BCUT2D eigenvalue weighted by atomic mass is 16.5. The van der Waals surface area contributed by atoms with Gasteiger partial charge in [-0.05, 0) is 13.3 Å². The van der Waals surface area contributed by atoms with Gasteiger partial charge in [0.05, 0.1) is 6.42 Å². The maximum Gasteiger partial charge on any atom is 0.230 e. The predicted molar refractivity (Wildman–Crippen MR) is 51.9 cm³/mol. The molecular formula is C10H17NO3. The van der Waals surface area contributed by atoms with Crippen molar-refractivity contribution in [2.24, 2.45) is 0 Å². The number of carbonyl (C=O) groups is 2. The summed E-state index contributed by atoms with van der Waals surface area (Å²) in [4.78, 5) is 24.2. The Balaban J connectivity index is 2.43. The number of ether oxygens (including phenoxy) is 1. The van der Waals surface area contributed by atoms with E-state index in [1.54, 1.807) is 12.0 Å². The summed E-state index contributed by atoms with van der Waals surface area (Å²) in [6, 6.07) is 0.176. The summed E-state index contributed by atoms with van der Waals surface area (Å²) in [7, 11) is 1.65. The summed E-state index contributed by atoms with van der Waals surface area (Å²) in [5, 5.41) is 0. The number of rotatable bonds is 4. The van der Waals surface area contributed by atoms with Gasteiger partial charge in [0.1, 0.15) is 5.78 Å². The van der Waals surface area contributed by atoms with Crippen molar-refractivity contribution >= 4 is 11.7 Å². The van der Waals surface area contributed by atoms with Crippen LogP contribution in [0, 0.1) is 0 Å². The van der Waals surface area contributed by atoms with E-state index in [2.05, 4.69) is 0 Å². The zero-order valence-corrected chi connectivity index (χ0v) is 8.78. The summed E-state index contributed by atoms with van der Waals surface area (Å²) in [5.41, 5.74) is 0. The number of Topliss-reactive ketones (excluding diaryl/α,β-unsaturated/α-hetero) is 1. The van der Waals surface area contributed by atoms with E-state index < -0.39 is 0 Å². The van der Waals surface area contributed by atoms with E-state index in [-0.39, 0.29) is 24.2 Å². The van der Waals surface area contributed by atoms with E-state index in [1.165, 1.54) is 0 Å². The average molecular weight is 199 g/mol. The number of piperidine rings is 1. The molecule has 1 saturated heterocycles. The van der Waals surface area contributed by atoms with Gasteiger partial charge < -0.3 is 9.64 Å². The Kier molecular flexibility index (Phi) is 4.07. The van der Waals surface area contributed by atoms with E-state index in [9.17, 15) is 9.59 Å². The average Bonchev–Trinajstić information content (AvgIpc) is 2.14. The number of hydrogen-bond acceptors (Lipinski definition) is 3. The van der Waals surface area contributed by atoms with Gasteiger partial charge in [-0.25, -0.2) is 0 Å². The van der Waals surface area contributed by atoms with Crippen LogP contribution in [0.4, 0.5) is 0 Å². The van der Waals surface area contributed by atoms with Crippen LogP contribution >= 0.6 is 0 Å². The lowest BCUT2D eigenvalue weighted by atomic mass is 10.1. The van der Waals surface area contributed by atoms with E-state index in [0.29, 0.717) is 19.6 Å². The quantitative estimate of drug-likeness (QED) is 0.623. The van der Waals surface area contributed by atoms with Crippen molar-refractivity contribution in [1.29, 1.82) is 0 Å². The van der Waals surface area contributed by atoms with Crippen LogP contribution in [0.5, 0.6) is 0 Å². The van der Waals surface area contributed by atoms with Crippen molar-refractivity contribution in [2.75, 3.05) is 20.3 Å². The fourth-order valence-electron chi connectivity index (χ4n) is 1.64. The fraction of sp³-hybridized carbons (Fsp3) is 0.800. The standard InChI is InChI=1S/C10H17NO3/c1-8(4-6-14-2)11-5-3-9(12)7-10(11)13/h8H,3-7H2,1-2H3. The number of hydrogen-bond donors (Lipinski definition) is 0. The van der Waals surface area contributed by atoms with Gasteiger partial charge in [-0.15, -0.1) is 0 Å². The number of amides is 1. The molecule has 0 spiro atoms. The first kappa shape index (κ1) is 11.2. The molecule has 4 heteroatoms. The first-order valence-corrected chi connectivity index (χ1v) is 4.95. The second kappa shape index (κ2) is 5.10. The highest BCUT2D eigenvalue weighted by Crippen LogP contribution is 2.13. The molecule has 1 rings (SSSR count). The summed E-state index contributed by atoms with van der Waals surface area (Å²) < 4.78 is 4.95. The van der Waals surface area contributed by atoms with Gasteiger partial charge in [0, 0.05) is 32.7 Å². The second-order valence-electron chi connectivity index (χ2n) is 3.68. The Bertz CT molecular complexity index is 227. The Hall–Kier alpha value is -0.900. The molecule has 0 aromatic rings. The minimum absolute atomic E-state index is 0.0372. The van der Waals surface area contributed by atoms with Gasteiger partial charge in [-0.3, -0.25) is 9.59 Å². The molecule has 0 radical (unpaired) electrons. The van der Waals surface area contributed by atoms with Crippen molar-refractivity contribution in [1.82, 2.24) is 4.90 Å². The Morgan fingerprint density at radius 1 is 1.50 bits per heavy atom. The topological polar surface area (TPSA) is 46.6 Å². The molecule has 80 valence electrons. The number of nitrogens with zero attached hydrogens (tertiary/aromatic N) is 1. The Morgan fingerprint density at radius 3 is 2.79 bits per heavy atom. The molecule has 0 N–H and O–H groups in total. The van der Waals surface area contributed by atoms with E-state index in [0.717, 1.165) is 6.42 Å². The number of ketones is 1. The lowest BCUT2D eigenvalue weighted by molar-refractivity contribution is -0.141. The van der Waals surface area contributed by atoms with E-state index >= 15 is 0 Å². The predicted octanol–water partition coefficient (Wildman–Crippen LogP) is 0.603. The van der Waals surface area contributed by atoms with Crippen LogP contribution < -0.4 is 0 Å². The molecule has 1 unspecified atom stereocenters. The van der Waals surface area contributed by atoms with Gasteiger partial charge in [0.25, 0.3) is 0 Å². The zero-order chi connectivity index (χ0) is 10.6. The molecule has 1 atom stereocenters. The molecule has 1 fully saturated rings. The third kappa shape index (κ3) is 2.80. The van der Waals surface area contributed by atoms with Crippen LogP contribution in [0.25, 0.3) is 0 Å². The summed E-state index contributed by atoms with van der Waals surface area (Å²) in [5.74, 6) is 0.0232. The van der Waals surface area contributed by atoms with Crippen LogP contribution in [-0.4, -0.2) is 42.9 Å². The first-order valence-electron chi connectivity index (χ1n) is 4.95. The monoisotopic (exact) mass is 199 g/mol. The van der Waals surface area contributed by atoms with Crippen LogP contribution in [0.1, 0.15) is 26.2 Å². The maximum absolute atomic E-state index is 11.5. The van der Waals surface area contributed by atoms with Crippen molar-refractivity contribution in [3.05, 3.63) is 0 Å². The van der Waals surface area contributed by atoms with Gasteiger partial charge in [-0.1, -0.05) is 0 Å². The normalized spacial score (nSPS) is 20.0. The third-order valence-electron chi connectivity index (χ3n) is 2.57. The van der Waals surface area contributed by atoms with Gasteiger partial charge in [0.15, 0.2) is 0 Å². The van der Waals surface area contributed by atoms with Crippen LogP contribution in [-0.2, 0) is 14.3 Å². The van der Waals surface area contributed by atoms with Crippen LogP contribution in [0.3, 0.4) is 0 Å². The molecule has 1 aliphatic heterocycles. The van der Waals surface area contributed by atoms with Crippen molar-refractivity contribution in [2.45, 2.75) is 32.2 Å². The molecule has 0 bridgehead atoms. The molecule has 0 saturated carbocycles. The van der Waals surface area contributed by atoms with Crippen molar-refractivity contribution in [3.63, 3.8) is 0 Å².